The van der Waals surface area contributed by atoms with Crippen LogP contribution in [0.4, 0.5) is 0 Å². The van der Waals surface area contributed by atoms with Gasteiger partial charge in [-0.3, -0.25) is 4.90 Å². The Kier molecular flexibility index (Phi) is 7.82. The zero-order chi connectivity index (χ0) is 21.5. The van der Waals surface area contributed by atoms with E-state index in [0.29, 0.717) is 18.0 Å². The third kappa shape index (κ3) is 6.19. The van der Waals surface area contributed by atoms with Crippen molar-refractivity contribution in [3.8, 4) is 0 Å². The highest BCUT2D eigenvalue weighted by atomic mass is 16.5. The van der Waals surface area contributed by atoms with Gasteiger partial charge < -0.3 is 19.9 Å². The lowest BCUT2D eigenvalue weighted by Crippen LogP contribution is -2.52. The molecule has 2 aliphatic carbocycles. The highest BCUT2D eigenvalue weighted by Gasteiger charge is 2.34. The second-order valence-corrected chi connectivity index (χ2v) is 9.82. The molecule has 1 aromatic heterocycles. The standard InChI is InChI=1S/C23H41N7O/c1-19-27-28-21(29(19)2)16-24-22(26-20-8-4-5-9-20)25-17-23(10-6-3-7-11-23)18-30-12-14-31-15-13-30/h20H,3-18H2,1-2H3,(H2,24,25,26). The first-order valence-electron chi connectivity index (χ1n) is 12.3. The first-order valence-corrected chi connectivity index (χ1v) is 12.3. The summed E-state index contributed by atoms with van der Waals surface area (Å²) in [5.74, 6) is 2.78. The molecule has 2 N–H and O–H groups in total. The number of hydrogen-bond acceptors (Lipinski definition) is 5. The Morgan fingerprint density at radius 3 is 2.52 bits per heavy atom. The van der Waals surface area contributed by atoms with Gasteiger partial charge in [-0.1, -0.05) is 32.1 Å². The van der Waals surface area contributed by atoms with Crippen LogP contribution < -0.4 is 10.6 Å². The van der Waals surface area contributed by atoms with E-state index in [1.54, 1.807) is 0 Å². The van der Waals surface area contributed by atoms with Gasteiger partial charge in [0.1, 0.15) is 12.4 Å². The third-order valence-corrected chi connectivity index (χ3v) is 7.47. The smallest absolute Gasteiger partial charge is 0.191 e. The molecular weight excluding hydrogens is 390 g/mol. The van der Waals surface area contributed by atoms with Gasteiger partial charge in [-0.05, 0) is 32.6 Å². The van der Waals surface area contributed by atoms with Crippen LogP contribution >= 0.6 is 0 Å². The van der Waals surface area contributed by atoms with E-state index in [2.05, 4.69) is 25.7 Å². The number of ether oxygens (including phenoxy) is 1. The molecule has 1 saturated heterocycles. The zero-order valence-corrected chi connectivity index (χ0v) is 19.5. The molecule has 0 unspecified atom stereocenters. The molecule has 1 aliphatic heterocycles. The molecule has 0 radical (unpaired) electrons. The Balaban J connectivity index is 1.43. The van der Waals surface area contributed by atoms with E-state index < -0.39 is 0 Å². The quantitative estimate of drug-likeness (QED) is 0.510. The summed E-state index contributed by atoms with van der Waals surface area (Å²) in [7, 11) is 2.01. The average Bonchev–Trinajstić information content (AvgIpc) is 3.42. The number of nitrogens with one attached hydrogen (secondary N) is 2. The van der Waals surface area contributed by atoms with Crippen LogP contribution in [0, 0.1) is 12.3 Å². The van der Waals surface area contributed by atoms with E-state index in [1.165, 1.54) is 64.3 Å². The molecule has 8 heteroatoms. The lowest BCUT2D eigenvalue weighted by Gasteiger charge is -2.42. The lowest BCUT2D eigenvalue weighted by atomic mass is 9.73. The fourth-order valence-corrected chi connectivity index (χ4v) is 5.35. The van der Waals surface area contributed by atoms with E-state index in [-0.39, 0.29) is 0 Å². The van der Waals surface area contributed by atoms with Gasteiger partial charge in [-0.25, -0.2) is 4.99 Å². The van der Waals surface area contributed by atoms with Crippen LogP contribution in [-0.2, 0) is 18.3 Å². The van der Waals surface area contributed by atoms with Crippen molar-refractivity contribution in [2.24, 2.45) is 17.5 Å². The minimum atomic E-state index is 0.328. The van der Waals surface area contributed by atoms with Crippen molar-refractivity contribution in [1.29, 1.82) is 0 Å². The Labute approximate surface area is 187 Å². The summed E-state index contributed by atoms with van der Waals surface area (Å²) in [6.45, 7) is 8.56. The minimum absolute atomic E-state index is 0.328. The van der Waals surface area contributed by atoms with Crippen molar-refractivity contribution in [3.63, 3.8) is 0 Å². The molecule has 2 heterocycles. The summed E-state index contributed by atoms with van der Waals surface area (Å²) in [4.78, 5) is 7.54. The molecule has 31 heavy (non-hydrogen) atoms. The van der Waals surface area contributed by atoms with E-state index in [4.69, 9.17) is 9.73 Å². The number of morpholine rings is 1. The maximum Gasteiger partial charge on any atom is 0.191 e. The van der Waals surface area contributed by atoms with Crippen molar-refractivity contribution in [2.45, 2.75) is 77.3 Å². The van der Waals surface area contributed by atoms with Crippen LogP contribution in [0.1, 0.15) is 69.4 Å². The third-order valence-electron chi connectivity index (χ3n) is 7.47. The maximum atomic E-state index is 5.58. The predicted molar refractivity (Wildman–Crippen MR) is 123 cm³/mol. The Bertz CT molecular complexity index is 714. The van der Waals surface area contributed by atoms with Gasteiger partial charge in [0.25, 0.3) is 0 Å². The topological polar surface area (TPSA) is 79.6 Å². The molecule has 2 saturated carbocycles. The molecule has 0 atom stereocenters. The fraction of sp³-hybridized carbons (Fsp3) is 0.870. The molecule has 174 valence electrons. The van der Waals surface area contributed by atoms with Crippen molar-refractivity contribution in [3.05, 3.63) is 11.6 Å². The number of hydrogen-bond donors (Lipinski definition) is 2. The van der Waals surface area contributed by atoms with E-state index in [0.717, 1.165) is 50.5 Å². The summed E-state index contributed by atoms with van der Waals surface area (Å²) >= 11 is 0. The molecule has 4 rings (SSSR count). The number of guanidine groups is 1. The zero-order valence-electron chi connectivity index (χ0n) is 19.5. The Morgan fingerprint density at radius 2 is 1.84 bits per heavy atom. The number of aromatic nitrogens is 3. The number of aliphatic imine (C=N–C) groups is 1. The Hall–Kier alpha value is -1.67. The number of aryl methyl sites for hydroxylation is 1. The largest absolute Gasteiger partial charge is 0.379 e. The number of rotatable bonds is 7. The van der Waals surface area contributed by atoms with Crippen LogP contribution in [0.2, 0.25) is 0 Å². The van der Waals surface area contributed by atoms with E-state index >= 15 is 0 Å². The van der Waals surface area contributed by atoms with Gasteiger partial charge >= 0.3 is 0 Å². The van der Waals surface area contributed by atoms with Gasteiger partial charge in [0.2, 0.25) is 0 Å². The first-order chi connectivity index (χ1) is 15.1. The molecular formula is C23H41N7O. The first kappa shape index (κ1) is 22.5. The summed E-state index contributed by atoms with van der Waals surface area (Å²) in [6, 6.07) is 0.536. The predicted octanol–water partition coefficient (Wildman–Crippen LogP) is 2.38. The van der Waals surface area contributed by atoms with Gasteiger partial charge in [-0.2, -0.15) is 0 Å². The SMILES string of the molecule is Cc1nnc(CN=C(NCC2(CN3CCOCC3)CCCCC2)NC2CCCC2)n1C. The monoisotopic (exact) mass is 431 g/mol. The average molecular weight is 432 g/mol. The summed E-state index contributed by atoms with van der Waals surface area (Å²) in [6.07, 6.45) is 11.8. The number of nitrogens with zero attached hydrogens (tertiary/aromatic N) is 5. The van der Waals surface area contributed by atoms with Crippen molar-refractivity contribution < 1.29 is 4.74 Å². The van der Waals surface area contributed by atoms with E-state index in [1.807, 2.05) is 18.5 Å². The van der Waals surface area contributed by atoms with Crippen LogP contribution in [-0.4, -0.2) is 71.1 Å². The van der Waals surface area contributed by atoms with Gasteiger partial charge in [0.05, 0.1) is 13.2 Å². The fourth-order valence-electron chi connectivity index (χ4n) is 5.35. The molecule has 1 aromatic rings. The molecule has 0 bridgehead atoms. The Morgan fingerprint density at radius 1 is 1.10 bits per heavy atom. The summed E-state index contributed by atoms with van der Waals surface area (Å²) < 4.78 is 7.61. The van der Waals surface area contributed by atoms with Crippen LogP contribution in [0.25, 0.3) is 0 Å². The second-order valence-electron chi connectivity index (χ2n) is 9.82. The highest BCUT2D eigenvalue weighted by molar-refractivity contribution is 5.80. The van der Waals surface area contributed by atoms with Crippen molar-refractivity contribution in [2.75, 3.05) is 39.4 Å². The van der Waals surface area contributed by atoms with Crippen LogP contribution in [0.5, 0.6) is 0 Å². The molecule has 0 aromatic carbocycles. The normalized spacial score (nSPS) is 23.2. The minimum Gasteiger partial charge on any atom is -0.379 e. The highest BCUT2D eigenvalue weighted by Crippen LogP contribution is 2.36. The second kappa shape index (κ2) is 10.8. The molecule has 0 amide bonds. The molecule has 3 aliphatic rings. The summed E-state index contributed by atoms with van der Waals surface area (Å²) in [5.41, 5.74) is 0.328. The van der Waals surface area contributed by atoms with Crippen LogP contribution in [0.15, 0.2) is 4.99 Å². The van der Waals surface area contributed by atoms with Gasteiger partial charge in [-0.15, -0.1) is 10.2 Å². The van der Waals surface area contributed by atoms with Gasteiger partial charge in [0, 0.05) is 44.7 Å². The van der Waals surface area contributed by atoms with Gasteiger partial charge in [0.15, 0.2) is 11.8 Å². The van der Waals surface area contributed by atoms with E-state index in [9.17, 15) is 0 Å². The molecule has 0 spiro atoms. The van der Waals surface area contributed by atoms with Crippen LogP contribution in [0.3, 0.4) is 0 Å². The van der Waals surface area contributed by atoms with Crippen molar-refractivity contribution in [1.82, 2.24) is 30.3 Å². The molecule has 8 nitrogen and oxygen atoms in total. The molecule has 3 fully saturated rings. The lowest BCUT2D eigenvalue weighted by molar-refractivity contribution is 0.00819. The maximum absolute atomic E-state index is 5.58. The van der Waals surface area contributed by atoms with Crippen molar-refractivity contribution >= 4 is 5.96 Å². The summed E-state index contributed by atoms with van der Waals surface area (Å²) in [5, 5.41) is 16.0.